The summed E-state index contributed by atoms with van der Waals surface area (Å²) in [6.07, 6.45) is 13.3. The summed E-state index contributed by atoms with van der Waals surface area (Å²) < 4.78 is 0. The Bertz CT molecular complexity index is 249. The Balaban J connectivity index is 1.76. The number of piperidine rings is 1. The summed E-state index contributed by atoms with van der Waals surface area (Å²) in [5.41, 5.74) is 0. The number of hydrogen-bond acceptors (Lipinski definition) is 2. The van der Waals surface area contributed by atoms with E-state index in [1.165, 1.54) is 32.1 Å². The Kier molecular flexibility index (Phi) is 2.57. The van der Waals surface area contributed by atoms with Gasteiger partial charge in [0.2, 0.25) is 0 Å². The highest BCUT2D eigenvalue weighted by Gasteiger charge is 2.42. The summed E-state index contributed by atoms with van der Waals surface area (Å²) in [5, 5.41) is 9.76. The highest BCUT2D eigenvalue weighted by Crippen LogP contribution is 2.39. The minimum atomic E-state index is -0.0219. The molecule has 84 valence electrons. The lowest BCUT2D eigenvalue weighted by molar-refractivity contribution is 0.0180. The standard InChI is InChI=1S/C13H21NO/c15-13-8-11-6-7-12(9-13)14(11)10-4-2-1-3-5-10/h2,4,10-13,15H,1,3,5-9H2. The third-order valence-electron chi connectivity index (χ3n) is 4.38. The Morgan fingerprint density at radius 1 is 1.07 bits per heavy atom. The van der Waals surface area contributed by atoms with Gasteiger partial charge in [0.15, 0.2) is 0 Å². The van der Waals surface area contributed by atoms with Crippen LogP contribution < -0.4 is 0 Å². The highest BCUT2D eigenvalue weighted by atomic mass is 16.3. The molecule has 2 bridgehead atoms. The number of allylic oxidation sites excluding steroid dienone is 1. The van der Waals surface area contributed by atoms with Crippen LogP contribution in [0.25, 0.3) is 0 Å². The van der Waals surface area contributed by atoms with Crippen LogP contribution in [0.15, 0.2) is 12.2 Å². The van der Waals surface area contributed by atoms with Gasteiger partial charge in [0, 0.05) is 18.1 Å². The number of aliphatic hydroxyl groups is 1. The van der Waals surface area contributed by atoms with Crippen molar-refractivity contribution in [3.63, 3.8) is 0 Å². The number of hydrogen-bond donors (Lipinski definition) is 1. The molecule has 0 radical (unpaired) electrons. The maximum absolute atomic E-state index is 9.76. The second kappa shape index (κ2) is 3.91. The number of fused-ring (bicyclic) bond motifs is 2. The van der Waals surface area contributed by atoms with Gasteiger partial charge in [-0.2, -0.15) is 0 Å². The van der Waals surface area contributed by atoms with E-state index in [-0.39, 0.29) is 6.10 Å². The van der Waals surface area contributed by atoms with Crippen molar-refractivity contribution in [2.45, 2.75) is 69.2 Å². The van der Waals surface area contributed by atoms with Crippen LogP contribution >= 0.6 is 0 Å². The maximum atomic E-state index is 9.76. The summed E-state index contributed by atoms with van der Waals surface area (Å²) in [5.74, 6) is 0. The zero-order valence-corrected chi connectivity index (χ0v) is 9.31. The lowest BCUT2D eigenvalue weighted by atomic mass is 9.93. The molecule has 0 aromatic heterocycles. The molecule has 2 nitrogen and oxygen atoms in total. The summed E-state index contributed by atoms with van der Waals surface area (Å²) in [7, 11) is 0. The van der Waals surface area contributed by atoms with E-state index in [4.69, 9.17) is 0 Å². The van der Waals surface area contributed by atoms with E-state index in [1.807, 2.05) is 0 Å². The van der Waals surface area contributed by atoms with E-state index in [9.17, 15) is 5.11 Å². The molecule has 1 N–H and O–H groups in total. The predicted molar refractivity (Wildman–Crippen MR) is 60.7 cm³/mol. The van der Waals surface area contributed by atoms with Gasteiger partial charge < -0.3 is 5.11 Å². The van der Waals surface area contributed by atoms with Gasteiger partial charge >= 0.3 is 0 Å². The predicted octanol–water partition coefficient (Wildman–Crippen LogP) is 2.08. The van der Waals surface area contributed by atoms with Crippen molar-refractivity contribution in [1.29, 1.82) is 0 Å². The summed E-state index contributed by atoms with van der Waals surface area (Å²) in [4.78, 5) is 2.71. The molecule has 0 aromatic carbocycles. The lowest BCUT2D eigenvalue weighted by Gasteiger charge is -2.42. The summed E-state index contributed by atoms with van der Waals surface area (Å²) >= 11 is 0. The van der Waals surface area contributed by atoms with Gasteiger partial charge in [-0.1, -0.05) is 12.2 Å². The molecule has 15 heavy (non-hydrogen) atoms. The molecule has 0 spiro atoms. The van der Waals surface area contributed by atoms with Crippen LogP contribution in [0, 0.1) is 0 Å². The van der Waals surface area contributed by atoms with Crippen LogP contribution in [0.5, 0.6) is 0 Å². The van der Waals surface area contributed by atoms with Crippen molar-refractivity contribution in [1.82, 2.24) is 4.90 Å². The van der Waals surface area contributed by atoms with Crippen LogP contribution in [-0.2, 0) is 0 Å². The third kappa shape index (κ3) is 1.74. The molecule has 2 heterocycles. The molecule has 1 aliphatic carbocycles. The molecule has 2 aliphatic heterocycles. The molecular formula is C13H21NO. The van der Waals surface area contributed by atoms with Crippen molar-refractivity contribution in [2.24, 2.45) is 0 Å². The number of rotatable bonds is 1. The van der Waals surface area contributed by atoms with Gasteiger partial charge in [0.1, 0.15) is 0 Å². The number of aliphatic hydroxyl groups excluding tert-OH is 1. The average molecular weight is 207 g/mol. The first-order chi connectivity index (χ1) is 7.34. The Morgan fingerprint density at radius 2 is 1.80 bits per heavy atom. The monoisotopic (exact) mass is 207 g/mol. The molecule has 2 saturated heterocycles. The van der Waals surface area contributed by atoms with E-state index < -0.39 is 0 Å². The van der Waals surface area contributed by atoms with E-state index in [1.54, 1.807) is 0 Å². The van der Waals surface area contributed by atoms with Gasteiger partial charge in [-0.15, -0.1) is 0 Å². The molecule has 0 amide bonds. The van der Waals surface area contributed by atoms with Gasteiger partial charge in [-0.3, -0.25) is 4.90 Å². The highest BCUT2D eigenvalue weighted by molar-refractivity contribution is 5.06. The van der Waals surface area contributed by atoms with Crippen LogP contribution in [0.2, 0.25) is 0 Å². The van der Waals surface area contributed by atoms with E-state index >= 15 is 0 Å². The summed E-state index contributed by atoms with van der Waals surface area (Å²) in [6, 6.07) is 2.03. The van der Waals surface area contributed by atoms with E-state index in [2.05, 4.69) is 17.1 Å². The molecular weight excluding hydrogens is 186 g/mol. The van der Waals surface area contributed by atoms with Crippen LogP contribution in [-0.4, -0.2) is 34.2 Å². The number of nitrogens with zero attached hydrogens (tertiary/aromatic N) is 1. The molecule has 0 aromatic rings. The zero-order chi connectivity index (χ0) is 10.3. The Labute approximate surface area is 92.0 Å². The van der Waals surface area contributed by atoms with E-state index in [0.29, 0.717) is 18.1 Å². The average Bonchev–Trinajstić information content (AvgIpc) is 2.53. The zero-order valence-electron chi connectivity index (χ0n) is 9.31. The van der Waals surface area contributed by atoms with Gasteiger partial charge in [-0.05, 0) is 44.9 Å². The molecule has 3 unspecified atom stereocenters. The van der Waals surface area contributed by atoms with Crippen molar-refractivity contribution < 1.29 is 5.11 Å². The smallest absolute Gasteiger partial charge is 0.0570 e. The van der Waals surface area contributed by atoms with Crippen LogP contribution in [0.3, 0.4) is 0 Å². The topological polar surface area (TPSA) is 23.5 Å². The fourth-order valence-electron chi connectivity index (χ4n) is 3.77. The molecule has 3 aliphatic rings. The van der Waals surface area contributed by atoms with Crippen molar-refractivity contribution in [3.05, 3.63) is 12.2 Å². The van der Waals surface area contributed by atoms with Crippen molar-refractivity contribution in [2.75, 3.05) is 0 Å². The lowest BCUT2D eigenvalue weighted by Crippen LogP contribution is -2.49. The Morgan fingerprint density at radius 3 is 2.40 bits per heavy atom. The first-order valence-electron chi connectivity index (χ1n) is 6.47. The molecule has 3 rings (SSSR count). The summed E-state index contributed by atoms with van der Waals surface area (Å²) in [6.45, 7) is 0. The minimum Gasteiger partial charge on any atom is -0.393 e. The quantitative estimate of drug-likeness (QED) is 0.665. The second-order valence-corrected chi connectivity index (χ2v) is 5.38. The minimum absolute atomic E-state index is 0.0219. The van der Waals surface area contributed by atoms with Gasteiger partial charge in [0.25, 0.3) is 0 Å². The fourth-order valence-corrected chi connectivity index (χ4v) is 3.77. The normalized spacial score (nSPS) is 45.9. The SMILES string of the molecule is OC1CC2CCC(C1)N2C1C=CCCC1. The van der Waals surface area contributed by atoms with Gasteiger partial charge in [0.05, 0.1) is 6.10 Å². The first kappa shape index (κ1) is 9.86. The Hall–Kier alpha value is -0.340. The van der Waals surface area contributed by atoms with Crippen LogP contribution in [0.1, 0.15) is 44.9 Å². The molecule has 2 fully saturated rings. The third-order valence-corrected chi connectivity index (χ3v) is 4.38. The molecule has 2 heteroatoms. The first-order valence-corrected chi connectivity index (χ1v) is 6.47. The van der Waals surface area contributed by atoms with Crippen molar-refractivity contribution in [3.8, 4) is 0 Å². The second-order valence-electron chi connectivity index (χ2n) is 5.38. The fraction of sp³-hybridized carbons (Fsp3) is 0.846. The maximum Gasteiger partial charge on any atom is 0.0570 e. The van der Waals surface area contributed by atoms with Crippen LogP contribution in [0.4, 0.5) is 0 Å². The largest absolute Gasteiger partial charge is 0.393 e. The van der Waals surface area contributed by atoms with Gasteiger partial charge in [-0.25, -0.2) is 0 Å². The van der Waals surface area contributed by atoms with E-state index in [0.717, 1.165) is 12.8 Å². The molecule has 3 atom stereocenters. The molecule has 0 saturated carbocycles. The van der Waals surface area contributed by atoms with Crippen molar-refractivity contribution >= 4 is 0 Å².